The van der Waals surface area contributed by atoms with Gasteiger partial charge in [-0.05, 0) is 42.8 Å². The molecule has 5 heteroatoms. The van der Waals surface area contributed by atoms with E-state index in [1.807, 2.05) is 19.1 Å². The fourth-order valence-corrected chi connectivity index (χ4v) is 2.11. The Bertz CT molecular complexity index is 643. The van der Waals surface area contributed by atoms with E-state index >= 15 is 0 Å². The monoisotopic (exact) mass is 338 g/mol. The third kappa shape index (κ3) is 3.28. The van der Waals surface area contributed by atoms with Crippen LogP contribution < -0.4 is 10.5 Å². The molecular formula is C14H12BrClN2O. The molecule has 0 aliphatic carbocycles. The predicted molar refractivity (Wildman–Crippen MR) is 81.4 cm³/mol. The van der Waals surface area contributed by atoms with E-state index in [0.29, 0.717) is 22.1 Å². The van der Waals surface area contributed by atoms with Crippen molar-refractivity contribution in [2.75, 3.05) is 0 Å². The maximum atomic E-state index is 7.56. The zero-order valence-corrected chi connectivity index (χ0v) is 12.5. The summed E-state index contributed by atoms with van der Waals surface area (Å²) in [6.07, 6.45) is 0. The largest absolute Gasteiger partial charge is 0.456 e. The molecule has 0 unspecified atom stereocenters. The summed E-state index contributed by atoms with van der Waals surface area (Å²) in [6, 6.07) is 10.7. The summed E-state index contributed by atoms with van der Waals surface area (Å²) in [5.41, 5.74) is 7.05. The van der Waals surface area contributed by atoms with Crippen LogP contribution in [0.4, 0.5) is 0 Å². The van der Waals surface area contributed by atoms with Crippen LogP contribution in [0.15, 0.2) is 40.9 Å². The minimum absolute atomic E-state index is 0.0396. The van der Waals surface area contributed by atoms with E-state index < -0.39 is 0 Å². The van der Waals surface area contributed by atoms with Crippen LogP contribution in [0, 0.1) is 12.3 Å². The van der Waals surface area contributed by atoms with Crippen molar-refractivity contribution in [3.8, 4) is 11.5 Å². The van der Waals surface area contributed by atoms with Crippen LogP contribution in [0.3, 0.4) is 0 Å². The molecule has 3 nitrogen and oxygen atoms in total. The van der Waals surface area contributed by atoms with Crippen LogP contribution in [0.25, 0.3) is 0 Å². The Morgan fingerprint density at radius 3 is 2.63 bits per heavy atom. The smallest absolute Gasteiger partial charge is 0.139 e. The van der Waals surface area contributed by atoms with Crippen LogP contribution in [0.1, 0.15) is 11.1 Å². The molecule has 0 radical (unpaired) electrons. The van der Waals surface area contributed by atoms with Crippen LogP contribution in [-0.4, -0.2) is 5.84 Å². The highest BCUT2D eigenvalue weighted by molar-refractivity contribution is 9.10. The van der Waals surface area contributed by atoms with Gasteiger partial charge in [-0.2, -0.15) is 0 Å². The van der Waals surface area contributed by atoms with Gasteiger partial charge in [0.1, 0.15) is 17.3 Å². The minimum atomic E-state index is -0.0396. The molecule has 0 heterocycles. The second-order valence-corrected chi connectivity index (χ2v) is 5.42. The molecule has 2 aromatic carbocycles. The average Bonchev–Trinajstić information content (AvgIpc) is 2.33. The van der Waals surface area contributed by atoms with Crippen LogP contribution in [0.2, 0.25) is 5.02 Å². The van der Waals surface area contributed by atoms with Gasteiger partial charge in [0.25, 0.3) is 0 Å². The molecule has 98 valence electrons. The number of aryl methyl sites for hydroxylation is 1. The van der Waals surface area contributed by atoms with E-state index in [0.717, 1.165) is 10.0 Å². The first kappa shape index (κ1) is 13.9. The molecule has 0 fully saturated rings. The highest BCUT2D eigenvalue weighted by Gasteiger charge is 2.10. The van der Waals surface area contributed by atoms with Gasteiger partial charge in [0.05, 0.1) is 5.56 Å². The number of benzene rings is 2. The minimum Gasteiger partial charge on any atom is -0.456 e. The number of nitrogens with one attached hydrogen (secondary N) is 1. The van der Waals surface area contributed by atoms with E-state index in [9.17, 15) is 0 Å². The van der Waals surface area contributed by atoms with Crippen molar-refractivity contribution in [3.63, 3.8) is 0 Å². The van der Waals surface area contributed by atoms with Crippen molar-refractivity contribution in [1.82, 2.24) is 0 Å². The molecule has 0 aliphatic heterocycles. The molecule has 0 aromatic heterocycles. The Hall–Kier alpha value is -1.52. The summed E-state index contributed by atoms with van der Waals surface area (Å²) in [7, 11) is 0. The fourth-order valence-electron chi connectivity index (χ4n) is 1.61. The van der Waals surface area contributed by atoms with Gasteiger partial charge in [-0.15, -0.1) is 0 Å². The second-order valence-electron chi connectivity index (χ2n) is 4.07. The summed E-state index contributed by atoms with van der Waals surface area (Å²) in [6.45, 7) is 1.93. The summed E-state index contributed by atoms with van der Waals surface area (Å²) >= 11 is 9.33. The highest BCUT2D eigenvalue weighted by Crippen LogP contribution is 2.31. The van der Waals surface area contributed by atoms with Crippen molar-refractivity contribution < 1.29 is 4.74 Å². The molecule has 0 saturated heterocycles. The molecule has 0 spiro atoms. The van der Waals surface area contributed by atoms with Crippen molar-refractivity contribution >= 4 is 33.4 Å². The van der Waals surface area contributed by atoms with E-state index in [4.69, 9.17) is 27.5 Å². The van der Waals surface area contributed by atoms with Crippen molar-refractivity contribution in [2.24, 2.45) is 5.73 Å². The van der Waals surface area contributed by atoms with Gasteiger partial charge in [-0.25, -0.2) is 0 Å². The van der Waals surface area contributed by atoms with E-state index in [1.54, 1.807) is 24.3 Å². The van der Waals surface area contributed by atoms with Gasteiger partial charge in [0.15, 0.2) is 0 Å². The topological polar surface area (TPSA) is 59.1 Å². The van der Waals surface area contributed by atoms with Gasteiger partial charge in [-0.1, -0.05) is 33.6 Å². The van der Waals surface area contributed by atoms with E-state index in [2.05, 4.69) is 15.9 Å². The summed E-state index contributed by atoms with van der Waals surface area (Å²) in [5.74, 6) is 1.13. The number of nitrogen functional groups attached to an aromatic ring is 1. The van der Waals surface area contributed by atoms with Crippen molar-refractivity contribution in [3.05, 3.63) is 57.0 Å². The molecule has 19 heavy (non-hydrogen) atoms. The lowest BCUT2D eigenvalue weighted by atomic mass is 10.2. The zero-order chi connectivity index (χ0) is 14.0. The maximum Gasteiger partial charge on any atom is 0.139 e. The first-order valence-corrected chi connectivity index (χ1v) is 6.72. The summed E-state index contributed by atoms with van der Waals surface area (Å²) < 4.78 is 6.68. The summed E-state index contributed by atoms with van der Waals surface area (Å²) in [4.78, 5) is 0. The molecule has 0 amide bonds. The van der Waals surface area contributed by atoms with E-state index in [1.165, 1.54) is 0 Å². The molecule has 0 atom stereocenters. The van der Waals surface area contributed by atoms with Crippen LogP contribution >= 0.6 is 27.5 Å². The number of amidine groups is 1. The van der Waals surface area contributed by atoms with E-state index in [-0.39, 0.29) is 5.84 Å². The Kier molecular flexibility index (Phi) is 4.12. The standard InChI is InChI=1S/C14H12BrClN2O/c1-8-2-4-10(16)7-12(8)19-13-6-9(15)3-5-11(13)14(17)18/h2-7H,1H3,(H3,17,18). The normalized spacial score (nSPS) is 10.3. The number of hydrogen-bond donors (Lipinski definition) is 2. The van der Waals surface area contributed by atoms with Crippen molar-refractivity contribution in [2.45, 2.75) is 6.92 Å². The first-order valence-electron chi connectivity index (χ1n) is 5.55. The van der Waals surface area contributed by atoms with Gasteiger partial charge >= 0.3 is 0 Å². The third-order valence-corrected chi connectivity index (χ3v) is 3.33. The van der Waals surface area contributed by atoms with Gasteiger partial charge < -0.3 is 10.5 Å². The molecule has 3 N–H and O–H groups in total. The molecule has 0 bridgehead atoms. The Morgan fingerprint density at radius 2 is 1.95 bits per heavy atom. The lowest BCUT2D eigenvalue weighted by Gasteiger charge is -2.13. The van der Waals surface area contributed by atoms with Gasteiger partial charge in [0, 0.05) is 9.50 Å². The average molecular weight is 340 g/mol. The quantitative estimate of drug-likeness (QED) is 0.639. The first-order chi connectivity index (χ1) is 8.97. The van der Waals surface area contributed by atoms with Gasteiger partial charge in [0.2, 0.25) is 0 Å². The van der Waals surface area contributed by atoms with Crippen LogP contribution in [-0.2, 0) is 0 Å². The lowest BCUT2D eigenvalue weighted by Crippen LogP contribution is -2.12. The molecular weight excluding hydrogens is 328 g/mol. The molecule has 0 saturated carbocycles. The fraction of sp³-hybridized carbons (Fsp3) is 0.0714. The second kappa shape index (κ2) is 5.63. The third-order valence-electron chi connectivity index (χ3n) is 2.60. The predicted octanol–water partition coefficient (Wildman–Crippen LogP) is 4.49. The number of rotatable bonds is 3. The summed E-state index contributed by atoms with van der Waals surface area (Å²) in [5, 5.41) is 8.16. The van der Waals surface area contributed by atoms with Crippen molar-refractivity contribution in [1.29, 1.82) is 5.41 Å². The molecule has 2 aromatic rings. The number of halogens is 2. The molecule has 0 aliphatic rings. The lowest BCUT2D eigenvalue weighted by molar-refractivity contribution is 0.477. The number of ether oxygens (including phenoxy) is 1. The molecule has 2 rings (SSSR count). The Balaban J connectivity index is 2.45. The highest BCUT2D eigenvalue weighted by atomic mass is 79.9. The zero-order valence-electron chi connectivity index (χ0n) is 10.2. The van der Waals surface area contributed by atoms with Gasteiger partial charge in [-0.3, -0.25) is 5.41 Å². The number of hydrogen-bond acceptors (Lipinski definition) is 2. The Morgan fingerprint density at radius 1 is 1.21 bits per heavy atom. The maximum absolute atomic E-state index is 7.56. The SMILES string of the molecule is Cc1ccc(Cl)cc1Oc1cc(Br)ccc1C(=N)N. The Labute approximate surface area is 125 Å². The number of nitrogens with two attached hydrogens (primary N) is 1. The van der Waals surface area contributed by atoms with Crippen LogP contribution in [0.5, 0.6) is 11.5 Å².